The third-order valence-electron chi connectivity index (χ3n) is 3.81. The van der Waals surface area contributed by atoms with Crippen molar-refractivity contribution < 1.29 is 23.5 Å². The molecule has 0 atom stereocenters. The van der Waals surface area contributed by atoms with Gasteiger partial charge in [-0.05, 0) is 55.0 Å². The lowest BCUT2D eigenvalue weighted by Crippen LogP contribution is -2.20. The molecule has 0 spiro atoms. The zero-order valence-corrected chi connectivity index (χ0v) is 15.6. The van der Waals surface area contributed by atoms with Crippen LogP contribution in [-0.2, 0) is 6.54 Å². The van der Waals surface area contributed by atoms with Gasteiger partial charge in [0.1, 0.15) is 23.1 Å². The van der Waals surface area contributed by atoms with Crippen LogP contribution in [0.1, 0.15) is 18.1 Å². The van der Waals surface area contributed by atoms with Crippen LogP contribution in [0.5, 0.6) is 17.4 Å². The molecular formula is C21H19F2N3O3. The van der Waals surface area contributed by atoms with E-state index < -0.39 is 11.6 Å². The van der Waals surface area contributed by atoms with E-state index >= 15 is 0 Å². The van der Waals surface area contributed by atoms with Crippen LogP contribution in [-0.4, -0.2) is 22.6 Å². The van der Waals surface area contributed by atoms with Crippen LogP contribution < -0.4 is 15.0 Å². The quantitative estimate of drug-likeness (QED) is 0.348. The van der Waals surface area contributed by atoms with Gasteiger partial charge in [0, 0.05) is 23.9 Å². The number of halogens is 2. The maximum absolute atomic E-state index is 13.3. The molecule has 0 aliphatic heterocycles. The number of rotatable bonds is 7. The van der Waals surface area contributed by atoms with Gasteiger partial charge in [-0.25, -0.2) is 13.8 Å². The van der Waals surface area contributed by atoms with E-state index in [-0.39, 0.29) is 18.3 Å². The minimum Gasteiger partial charge on any atom is -0.494 e. The Hall–Kier alpha value is -3.52. The van der Waals surface area contributed by atoms with Crippen molar-refractivity contribution in [3.05, 3.63) is 83.6 Å². The fraction of sp³-hybridized carbons (Fsp3) is 0.143. The van der Waals surface area contributed by atoms with Gasteiger partial charge < -0.3 is 9.47 Å². The number of hydrogen-bond acceptors (Lipinski definition) is 5. The molecule has 1 heterocycles. The van der Waals surface area contributed by atoms with Crippen molar-refractivity contribution in [2.24, 2.45) is 4.99 Å². The van der Waals surface area contributed by atoms with Crippen LogP contribution >= 0.6 is 0 Å². The number of hydrogen-bond donors (Lipinski definition) is 2. The van der Waals surface area contributed by atoms with Gasteiger partial charge >= 0.3 is 0 Å². The van der Waals surface area contributed by atoms with Crippen LogP contribution in [0.25, 0.3) is 0 Å². The lowest BCUT2D eigenvalue weighted by molar-refractivity contribution is 0.234. The number of nitrogens with zero attached hydrogens (tertiary/aromatic N) is 2. The average Bonchev–Trinajstić information content (AvgIpc) is 2.70. The summed E-state index contributed by atoms with van der Waals surface area (Å²) in [6.45, 7) is 2.44. The summed E-state index contributed by atoms with van der Waals surface area (Å²) < 4.78 is 37.7. The van der Waals surface area contributed by atoms with Crippen LogP contribution in [0.2, 0.25) is 0 Å². The van der Waals surface area contributed by atoms with Crippen molar-refractivity contribution in [1.82, 2.24) is 10.5 Å². The Bertz CT molecular complexity index is 974. The molecule has 1 aromatic heterocycles. The van der Waals surface area contributed by atoms with Gasteiger partial charge in [0.25, 0.3) is 0 Å². The first kappa shape index (κ1) is 20.2. The van der Waals surface area contributed by atoms with Crippen molar-refractivity contribution in [3.63, 3.8) is 0 Å². The fourth-order valence-electron chi connectivity index (χ4n) is 2.57. The molecule has 0 saturated heterocycles. The van der Waals surface area contributed by atoms with Gasteiger partial charge in [0.2, 0.25) is 5.88 Å². The summed E-state index contributed by atoms with van der Waals surface area (Å²) in [6.07, 6.45) is 1.49. The third-order valence-corrected chi connectivity index (χ3v) is 3.81. The first-order valence-electron chi connectivity index (χ1n) is 8.84. The Kier molecular flexibility index (Phi) is 6.70. The molecule has 0 bridgehead atoms. The van der Waals surface area contributed by atoms with E-state index in [1.165, 1.54) is 18.3 Å². The van der Waals surface area contributed by atoms with Gasteiger partial charge in [-0.2, -0.15) is 0 Å². The van der Waals surface area contributed by atoms with Gasteiger partial charge in [-0.1, -0.05) is 0 Å². The maximum atomic E-state index is 13.3. The molecule has 0 radical (unpaired) electrons. The van der Waals surface area contributed by atoms with Crippen LogP contribution in [0, 0.1) is 11.6 Å². The van der Waals surface area contributed by atoms with E-state index in [0.29, 0.717) is 23.5 Å². The summed E-state index contributed by atoms with van der Waals surface area (Å²) in [5.74, 6) is 0.297. The third kappa shape index (κ3) is 5.73. The van der Waals surface area contributed by atoms with Gasteiger partial charge in [-0.15, -0.1) is 0 Å². The molecule has 2 N–H and O–H groups in total. The zero-order valence-electron chi connectivity index (χ0n) is 15.6. The van der Waals surface area contributed by atoms with Crippen molar-refractivity contribution >= 4 is 5.84 Å². The second-order valence-electron chi connectivity index (χ2n) is 5.94. The number of amidine groups is 1. The topological polar surface area (TPSA) is 76.0 Å². The van der Waals surface area contributed by atoms with E-state index in [4.69, 9.17) is 9.47 Å². The van der Waals surface area contributed by atoms with Gasteiger partial charge in [-0.3, -0.25) is 15.7 Å². The Balaban J connectivity index is 1.75. The van der Waals surface area contributed by atoms with E-state index in [0.717, 1.165) is 11.8 Å². The Morgan fingerprint density at radius 1 is 1.03 bits per heavy atom. The normalized spacial score (nSPS) is 11.2. The highest BCUT2D eigenvalue weighted by molar-refractivity contribution is 5.98. The summed E-state index contributed by atoms with van der Waals surface area (Å²) in [5, 5.41) is 9.42. The number of hydroxylamine groups is 1. The van der Waals surface area contributed by atoms with Crippen molar-refractivity contribution in [3.8, 4) is 17.4 Å². The largest absolute Gasteiger partial charge is 0.494 e. The first-order chi connectivity index (χ1) is 14.1. The van der Waals surface area contributed by atoms with E-state index in [9.17, 15) is 14.0 Å². The predicted molar refractivity (Wildman–Crippen MR) is 103 cm³/mol. The predicted octanol–water partition coefficient (Wildman–Crippen LogP) is 4.48. The molecular weight excluding hydrogens is 380 g/mol. The first-order valence-corrected chi connectivity index (χ1v) is 8.84. The molecule has 3 aromatic rings. The Morgan fingerprint density at radius 2 is 1.72 bits per heavy atom. The Labute approximate surface area is 166 Å². The summed E-state index contributed by atoms with van der Waals surface area (Å²) in [7, 11) is 0. The number of nitrogens with one attached hydrogen (secondary N) is 1. The molecule has 29 heavy (non-hydrogen) atoms. The highest BCUT2D eigenvalue weighted by atomic mass is 19.1. The maximum Gasteiger partial charge on any atom is 0.219 e. The highest BCUT2D eigenvalue weighted by Gasteiger charge is 2.07. The molecule has 150 valence electrons. The molecule has 0 unspecified atom stereocenters. The highest BCUT2D eigenvalue weighted by Crippen LogP contribution is 2.23. The molecule has 0 saturated carbocycles. The molecule has 3 rings (SSSR count). The molecule has 0 aliphatic carbocycles. The molecule has 2 aromatic carbocycles. The molecule has 0 aliphatic rings. The Morgan fingerprint density at radius 3 is 2.38 bits per heavy atom. The van der Waals surface area contributed by atoms with E-state index in [1.807, 2.05) is 12.4 Å². The summed E-state index contributed by atoms with van der Waals surface area (Å²) in [4.78, 5) is 8.30. The molecule has 0 fully saturated rings. The number of aliphatic imine (C=N–C) groups is 1. The monoisotopic (exact) mass is 399 g/mol. The standard InChI is InChI=1S/C21H19F2N3O3/c1-2-28-18-3-5-19(6-4-18)29-20-11-15(7-8-24-20)21(26-27)25-13-14-9-16(22)12-17(23)10-14/h3-12,27H,2,13H2,1H3,(H,25,26). The molecule has 8 heteroatoms. The van der Waals surface area contributed by atoms with E-state index in [1.54, 1.807) is 36.4 Å². The fourth-order valence-corrected chi connectivity index (χ4v) is 2.57. The minimum absolute atomic E-state index is 0.0328. The van der Waals surface area contributed by atoms with Crippen molar-refractivity contribution in [2.45, 2.75) is 13.5 Å². The van der Waals surface area contributed by atoms with Crippen LogP contribution in [0.3, 0.4) is 0 Å². The number of aromatic nitrogens is 1. The van der Waals surface area contributed by atoms with Crippen molar-refractivity contribution in [2.75, 3.05) is 6.61 Å². The molecule has 0 amide bonds. The second-order valence-corrected chi connectivity index (χ2v) is 5.94. The second kappa shape index (κ2) is 9.61. The zero-order chi connectivity index (χ0) is 20.6. The van der Waals surface area contributed by atoms with Crippen LogP contribution in [0.15, 0.2) is 65.8 Å². The summed E-state index contributed by atoms with van der Waals surface area (Å²) >= 11 is 0. The summed E-state index contributed by atoms with van der Waals surface area (Å²) in [6, 6.07) is 13.4. The van der Waals surface area contributed by atoms with Gasteiger partial charge in [0.15, 0.2) is 5.84 Å². The van der Waals surface area contributed by atoms with Gasteiger partial charge in [0.05, 0.1) is 13.2 Å². The molecule has 6 nitrogen and oxygen atoms in total. The lowest BCUT2D eigenvalue weighted by Gasteiger charge is -2.09. The number of pyridine rings is 1. The average molecular weight is 399 g/mol. The lowest BCUT2D eigenvalue weighted by atomic mass is 10.2. The minimum atomic E-state index is -0.691. The smallest absolute Gasteiger partial charge is 0.219 e. The van der Waals surface area contributed by atoms with E-state index in [2.05, 4.69) is 9.98 Å². The summed E-state index contributed by atoms with van der Waals surface area (Å²) in [5.41, 5.74) is 2.81. The van der Waals surface area contributed by atoms with Crippen LogP contribution in [0.4, 0.5) is 8.78 Å². The number of ether oxygens (including phenoxy) is 2. The SMILES string of the molecule is CCOc1ccc(Oc2cc(C(=NCc3cc(F)cc(F)c3)NO)ccn2)cc1. The van der Waals surface area contributed by atoms with Crippen molar-refractivity contribution in [1.29, 1.82) is 0 Å². The number of benzene rings is 2.